The Bertz CT molecular complexity index is 768. The summed E-state index contributed by atoms with van der Waals surface area (Å²) in [5, 5.41) is 13.2. The van der Waals surface area contributed by atoms with Gasteiger partial charge in [0.2, 0.25) is 5.91 Å². The summed E-state index contributed by atoms with van der Waals surface area (Å²) in [6, 6.07) is 10.5. The predicted molar refractivity (Wildman–Crippen MR) is 98.4 cm³/mol. The summed E-state index contributed by atoms with van der Waals surface area (Å²) in [7, 11) is 0. The van der Waals surface area contributed by atoms with Gasteiger partial charge < -0.3 is 5.32 Å². The molecule has 1 aromatic carbocycles. The Hall–Kier alpha value is -2.12. The lowest BCUT2D eigenvalue weighted by Gasteiger charge is -2.05. The molecule has 0 saturated carbocycles. The Balaban J connectivity index is 1.73. The van der Waals surface area contributed by atoms with E-state index in [9.17, 15) is 10.1 Å². The molecule has 24 heavy (non-hydrogen) atoms. The van der Waals surface area contributed by atoms with E-state index in [0.717, 1.165) is 36.2 Å². The zero-order valence-electron chi connectivity index (χ0n) is 14.0. The fourth-order valence-electron chi connectivity index (χ4n) is 3.20. The molecule has 1 amide bonds. The van der Waals surface area contributed by atoms with E-state index in [1.165, 1.54) is 28.8 Å². The van der Waals surface area contributed by atoms with E-state index in [1.807, 2.05) is 12.1 Å². The van der Waals surface area contributed by atoms with Gasteiger partial charge in [0, 0.05) is 4.88 Å². The minimum atomic E-state index is -0.0489. The number of thiophene rings is 1. The van der Waals surface area contributed by atoms with Crippen LogP contribution in [0.5, 0.6) is 0 Å². The van der Waals surface area contributed by atoms with Gasteiger partial charge in [0.05, 0.1) is 12.0 Å². The number of fused-ring (bicyclic) bond motifs is 1. The highest BCUT2D eigenvalue weighted by atomic mass is 32.1. The maximum absolute atomic E-state index is 12.4. The first-order valence-corrected chi connectivity index (χ1v) is 9.45. The van der Waals surface area contributed by atoms with Crippen molar-refractivity contribution >= 4 is 22.2 Å². The number of nitrogens with zero attached hydrogens (tertiary/aromatic N) is 1. The third-order valence-electron chi connectivity index (χ3n) is 4.58. The number of amides is 1. The third-order valence-corrected chi connectivity index (χ3v) is 5.79. The second-order valence-electron chi connectivity index (χ2n) is 6.28. The van der Waals surface area contributed by atoms with Gasteiger partial charge in [-0.05, 0) is 48.8 Å². The van der Waals surface area contributed by atoms with Gasteiger partial charge in [-0.15, -0.1) is 11.3 Å². The quantitative estimate of drug-likeness (QED) is 0.826. The predicted octanol–water partition coefficient (Wildman–Crippen LogP) is 4.63. The van der Waals surface area contributed by atoms with E-state index in [2.05, 4.69) is 30.4 Å². The zero-order valence-corrected chi connectivity index (χ0v) is 14.8. The molecule has 4 heteroatoms. The Morgan fingerprint density at radius 2 is 1.88 bits per heavy atom. The molecule has 124 valence electrons. The first-order chi connectivity index (χ1) is 11.7. The molecule has 0 spiro atoms. The van der Waals surface area contributed by atoms with Gasteiger partial charge in [-0.1, -0.05) is 37.6 Å². The zero-order chi connectivity index (χ0) is 16.9. The second-order valence-corrected chi connectivity index (χ2v) is 7.38. The van der Waals surface area contributed by atoms with Gasteiger partial charge in [0.1, 0.15) is 11.1 Å². The van der Waals surface area contributed by atoms with Crippen LogP contribution in [0, 0.1) is 11.3 Å². The Kier molecular flexibility index (Phi) is 5.32. The van der Waals surface area contributed by atoms with Crippen LogP contribution in [0.25, 0.3) is 0 Å². The molecular formula is C20H22N2OS. The highest BCUT2D eigenvalue weighted by Crippen LogP contribution is 2.37. The van der Waals surface area contributed by atoms with Crippen LogP contribution < -0.4 is 5.32 Å². The number of nitriles is 1. The van der Waals surface area contributed by atoms with Crippen LogP contribution in [0.4, 0.5) is 5.00 Å². The van der Waals surface area contributed by atoms with Crippen molar-refractivity contribution < 1.29 is 4.79 Å². The van der Waals surface area contributed by atoms with Crippen molar-refractivity contribution in [3.63, 3.8) is 0 Å². The number of rotatable bonds is 4. The van der Waals surface area contributed by atoms with Crippen molar-refractivity contribution in [1.29, 1.82) is 5.26 Å². The topological polar surface area (TPSA) is 52.9 Å². The van der Waals surface area contributed by atoms with E-state index in [1.54, 1.807) is 11.3 Å². The molecule has 3 nitrogen and oxygen atoms in total. The molecule has 0 radical (unpaired) electrons. The number of nitrogens with one attached hydrogen (secondary N) is 1. The Labute approximate surface area is 147 Å². The van der Waals surface area contributed by atoms with Crippen LogP contribution in [-0.4, -0.2) is 5.91 Å². The average molecular weight is 338 g/mol. The van der Waals surface area contributed by atoms with Crippen molar-refractivity contribution in [2.24, 2.45) is 0 Å². The molecular weight excluding hydrogens is 316 g/mol. The lowest BCUT2D eigenvalue weighted by molar-refractivity contribution is -0.115. The lowest BCUT2D eigenvalue weighted by Crippen LogP contribution is -2.14. The summed E-state index contributed by atoms with van der Waals surface area (Å²) in [6.45, 7) is 2.12. The van der Waals surface area contributed by atoms with Crippen molar-refractivity contribution in [3.8, 4) is 6.07 Å². The maximum Gasteiger partial charge on any atom is 0.229 e. The monoisotopic (exact) mass is 338 g/mol. The highest BCUT2D eigenvalue weighted by molar-refractivity contribution is 7.16. The van der Waals surface area contributed by atoms with Crippen LogP contribution in [0.1, 0.15) is 53.3 Å². The molecule has 1 aromatic heterocycles. The van der Waals surface area contributed by atoms with Gasteiger partial charge >= 0.3 is 0 Å². The molecule has 0 atom stereocenters. The van der Waals surface area contributed by atoms with Crippen LogP contribution in [-0.2, 0) is 30.5 Å². The van der Waals surface area contributed by atoms with Crippen molar-refractivity contribution in [2.45, 2.75) is 51.9 Å². The number of hydrogen-bond donors (Lipinski definition) is 1. The fraction of sp³-hybridized carbons (Fsp3) is 0.400. The summed E-state index contributed by atoms with van der Waals surface area (Å²) < 4.78 is 0. The van der Waals surface area contributed by atoms with E-state index in [0.29, 0.717) is 12.0 Å². The summed E-state index contributed by atoms with van der Waals surface area (Å²) in [4.78, 5) is 13.7. The van der Waals surface area contributed by atoms with Crippen LogP contribution in [0.2, 0.25) is 0 Å². The maximum atomic E-state index is 12.4. The molecule has 3 rings (SSSR count). The molecule has 1 aliphatic carbocycles. The van der Waals surface area contributed by atoms with Crippen LogP contribution in [0.3, 0.4) is 0 Å². The van der Waals surface area contributed by atoms with Gasteiger partial charge in [-0.25, -0.2) is 0 Å². The summed E-state index contributed by atoms with van der Waals surface area (Å²) in [5.41, 5.74) is 4.13. The lowest BCUT2D eigenvalue weighted by atomic mass is 10.1. The number of anilines is 1. The minimum absolute atomic E-state index is 0.0489. The number of aryl methyl sites for hydroxylation is 2. The standard InChI is InChI=1S/C20H22N2OS/c1-2-14-8-10-15(11-9-14)12-19(23)22-20-17(13-21)16-6-4-3-5-7-18(16)24-20/h8-11H,2-7,12H2,1H3,(H,22,23). The first kappa shape index (κ1) is 16.7. The Morgan fingerprint density at radius 1 is 1.17 bits per heavy atom. The van der Waals surface area contributed by atoms with Crippen LogP contribution in [0.15, 0.2) is 24.3 Å². The minimum Gasteiger partial charge on any atom is -0.316 e. The largest absolute Gasteiger partial charge is 0.316 e. The normalized spacial score (nSPS) is 13.7. The molecule has 0 bridgehead atoms. The highest BCUT2D eigenvalue weighted by Gasteiger charge is 2.20. The fourth-order valence-corrected chi connectivity index (χ4v) is 4.45. The first-order valence-electron chi connectivity index (χ1n) is 8.63. The summed E-state index contributed by atoms with van der Waals surface area (Å²) >= 11 is 1.59. The van der Waals surface area contributed by atoms with Crippen molar-refractivity contribution in [1.82, 2.24) is 0 Å². The molecule has 0 saturated heterocycles. The number of hydrogen-bond acceptors (Lipinski definition) is 3. The van der Waals surface area contributed by atoms with Crippen molar-refractivity contribution in [2.75, 3.05) is 5.32 Å². The molecule has 1 N–H and O–H groups in total. The van der Waals surface area contributed by atoms with Gasteiger partial charge in [0.15, 0.2) is 0 Å². The number of carbonyl (C=O) groups excluding carboxylic acids is 1. The van der Waals surface area contributed by atoms with Gasteiger partial charge in [-0.3, -0.25) is 4.79 Å². The van der Waals surface area contributed by atoms with E-state index < -0.39 is 0 Å². The van der Waals surface area contributed by atoms with E-state index >= 15 is 0 Å². The van der Waals surface area contributed by atoms with E-state index in [4.69, 9.17) is 0 Å². The molecule has 0 aliphatic heterocycles. The smallest absolute Gasteiger partial charge is 0.229 e. The summed E-state index contributed by atoms with van der Waals surface area (Å²) in [6.07, 6.45) is 6.87. The van der Waals surface area contributed by atoms with Crippen molar-refractivity contribution in [3.05, 3.63) is 51.4 Å². The van der Waals surface area contributed by atoms with Gasteiger partial charge in [-0.2, -0.15) is 5.26 Å². The average Bonchev–Trinajstić information content (AvgIpc) is 2.75. The molecule has 0 unspecified atom stereocenters. The molecule has 2 aromatic rings. The number of carbonyl (C=O) groups is 1. The second kappa shape index (κ2) is 7.63. The number of benzene rings is 1. The molecule has 1 heterocycles. The summed E-state index contributed by atoms with van der Waals surface area (Å²) in [5.74, 6) is -0.0489. The molecule has 0 fully saturated rings. The van der Waals surface area contributed by atoms with Crippen LogP contribution >= 0.6 is 11.3 Å². The third kappa shape index (κ3) is 3.68. The van der Waals surface area contributed by atoms with E-state index in [-0.39, 0.29) is 5.91 Å². The van der Waals surface area contributed by atoms with Gasteiger partial charge in [0.25, 0.3) is 0 Å². The SMILES string of the molecule is CCc1ccc(CC(=O)Nc2sc3c(c2C#N)CCCCC3)cc1. The Morgan fingerprint density at radius 3 is 2.58 bits per heavy atom. The molecule has 1 aliphatic rings.